The number of pyridine rings is 1. The van der Waals surface area contributed by atoms with Crippen molar-refractivity contribution in [1.82, 2.24) is 15.2 Å². The lowest BCUT2D eigenvalue weighted by atomic mass is 9.92. The summed E-state index contributed by atoms with van der Waals surface area (Å²) in [5, 5.41) is 6.96. The number of aryl methyl sites for hydroxylation is 1. The Morgan fingerprint density at radius 2 is 1.82 bits per heavy atom. The lowest BCUT2D eigenvalue weighted by Gasteiger charge is -2.21. The van der Waals surface area contributed by atoms with Gasteiger partial charge in [0.25, 0.3) is 5.91 Å². The molecule has 1 aromatic carbocycles. The predicted molar refractivity (Wildman–Crippen MR) is 145 cm³/mol. The standard InChI is InChI=1S/C29H33N5O4/c1-19-16-22-17-23(8-9-25(22)38-19)31-29(33-28(37)20-10-12-30-13-11-20)32-24-7-3-2-6-21(27(24)36)18-26(35)34-14-4-5-15-34/h8-13,16-17,21,24H,2-7,14-15,18H2,1H3,(H2,31,32,33,37)/t21?,24-/m0/s1. The molecule has 0 radical (unpaired) electrons. The fraction of sp³-hybridized carbons (Fsp3) is 0.414. The molecule has 0 spiro atoms. The molecule has 1 unspecified atom stereocenters. The van der Waals surface area contributed by atoms with Gasteiger partial charge in [0.05, 0.1) is 0 Å². The molecule has 9 heteroatoms. The second-order valence-corrected chi connectivity index (χ2v) is 10.1. The molecule has 2 amide bonds. The van der Waals surface area contributed by atoms with Crippen molar-refractivity contribution in [2.45, 2.75) is 57.9 Å². The van der Waals surface area contributed by atoms with Gasteiger partial charge in [-0.25, -0.2) is 4.99 Å². The fourth-order valence-electron chi connectivity index (χ4n) is 5.25. The van der Waals surface area contributed by atoms with Crippen molar-refractivity contribution in [3.05, 3.63) is 60.1 Å². The number of fused-ring (bicyclic) bond motifs is 1. The average molecular weight is 516 g/mol. The second kappa shape index (κ2) is 11.6. The molecular formula is C29H33N5O4. The van der Waals surface area contributed by atoms with Crippen LogP contribution in [-0.2, 0) is 9.59 Å². The number of carbonyl (C=O) groups excluding carboxylic acids is 3. The van der Waals surface area contributed by atoms with Gasteiger partial charge in [-0.2, -0.15) is 0 Å². The first kappa shape index (κ1) is 25.6. The van der Waals surface area contributed by atoms with Crippen molar-refractivity contribution in [2.24, 2.45) is 10.9 Å². The minimum Gasteiger partial charge on any atom is -0.461 e. The first-order valence-electron chi connectivity index (χ1n) is 13.3. The molecule has 1 saturated carbocycles. The van der Waals surface area contributed by atoms with E-state index in [1.165, 1.54) is 0 Å². The molecule has 5 rings (SSSR count). The van der Waals surface area contributed by atoms with Gasteiger partial charge in [-0.3, -0.25) is 24.7 Å². The number of rotatable bonds is 5. The molecule has 2 atom stereocenters. The quantitative estimate of drug-likeness (QED) is 0.294. The molecule has 9 nitrogen and oxygen atoms in total. The molecule has 2 N–H and O–H groups in total. The molecule has 38 heavy (non-hydrogen) atoms. The Morgan fingerprint density at radius 3 is 2.61 bits per heavy atom. The number of likely N-dealkylation sites (tertiary alicyclic amines) is 1. The van der Waals surface area contributed by atoms with E-state index in [9.17, 15) is 14.4 Å². The maximum atomic E-state index is 13.6. The number of furan rings is 1. The lowest BCUT2D eigenvalue weighted by Crippen LogP contribution is -2.39. The summed E-state index contributed by atoms with van der Waals surface area (Å²) in [6.45, 7) is 3.44. The Hall–Kier alpha value is -4.01. The van der Waals surface area contributed by atoms with E-state index >= 15 is 0 Å². The molecule has 3 heterocycles. The van der Waals surface area contributed by atoms with Gasteiger partial charge in [-0.15, -0.1) is 0 Å². The van der Waals surface area contributed by atoms with E-state index in [0.717, 1.165) is 55.5 Å². The van der Waals surface area contributed by atoms with Crippen molar-refractivity contribution < 1.29 is 18.8 Å². The van der Waals surface area contributed by atoms with Crippen LogP contribution in [0, 0.1) is 12.8 Å². The SMILES string of the molecule is Cc1cc2cc(NC(=N[C@H]3CCCCC(CC(=O)N4CCCC4)C3=O)NC(=O)c3ccncc3)ccc2o1. The maximum absolute atomic E-state index is 13.6. The Bertz CT molecular complexity index is 1340. The number of nitrogens with one attached hydrogen (secondary N) is 2. The Kier molecular flexibility index (Phi) is 7.81. The van der Waals surface area contributed by atoms with Gasteiger partial charge in [0.2, 0.25) is 11.9 Å². The number of nitrogens with zero attached hydrogens (tertiary/aromatic N) is 3. The summed E-state index contributed by atoms with van der Waals surface area (Å²) >= 11 is 0. The van der Waals surface area contributed by atoms with Gasteiger partial charge in [-0.1, -0.05) is 12.8 Å². The van der Waals surface area contributed by atoms with E-state index in [-0.39, 0.29) is 35.9 Å². The molecule has 2 aromatic heterocycles. The molecule has 2 fully saturated rings. The number of benzene rings is 1. The highest BCUT2D eigenvalue weighted by atomic mass is 16.3. The van der Waals surface area contributed by atoms with Crippen LogP contribution in [0.1, 0.15) is 61.1 Å². The number of amides is 2. The molecule has 1 saturated heterocycles. The summed E-state index contributed by atoms with van der Waals surface area (Å²) in [7, 11) is 0. The van der Waals surface area contributed by atoms with Gasteiger partial charge in [0.1, 0.15) is 17.4 Å². The van der Waals surface area contributed by atoms with Gasteiger partial charge in [0.15, 0.2) is 5.78 Å². The normalized spacial score (nSPS) is 20.4. The summed E-state index contributed by atoms with van der Waals surface area (Å²) < 4.78 is 5.67. The number of hydrogen-bond acceptors (Lipinski definition) is 6. The molecule has 1 aliphatic carbocycles. The fourth-order valence-corrected chi connectivity index (χ4v) is 5.25. The Morgan fingerprint density at radius 1 is 1.05 bits per heavy atom. The molecule has 198 valence electrons. The number of guanidine groups is 1. The van der Waals surface area contributed by atoms with Crippen LogP contribution in [0.15, 0.2) is 58.2 Å². The number of aliphatic imine (C=N–C) groups is 1. The zero-order chi connectivity index (χ0) is 26.5. The van der Waals surface area contributed by atoms with Crippen LogP contribution < -0.4 is 10.6 Å². The van der Waals surface area contributed by atoms with Crippen molar-refractivity contribution in [3.63, 3.8) is 0 Å². The van der Waals surface area contributed by atoms with E-state index in [4.69, 9.17) is 9.41 Å². The van der Waals surface area contributed by atoms with Crippen LogP contribution in [0.25, 0.3) is 11.0 Å². The summed E-state index contributed by atoms with van der Waals surface area (Å²) in [5.41, 5.74) is 1.89. The van der Waals surface area contributed by atoms with Crippen LogP contribution >= 0.6 is 0 Å². The van der Waals surface area contributed by atoms with Gasteiger partial charge in [0, 0.05) is 54.5 Å². The first-order chi connectivity index (χ1) is 18.5. The number of Topliss-reactive ketones (excluding diaryl/α,β-unsaturated/α-hetero) is 1. The number of anilines is 1. The monoisotopic (exact) mass is 515 g/mol. The molecule has 2 aliphatic rings. The van der Waals surface area contributed by atoms with Crippen molar-refractivity contribution in [2.75, 3.05) is 18.4 Å². The highest BCUT2D eigenvalue weighted by Crippen LogP contribution is 2.27. The third-order valence-electron chi connectivity index (χ3n) is 7.25. The maximum Gasteiger partial charge on any atom is 0.258 e. The molecule has 3 aromatic rings. The summed E-state index contributed by atoms with van der Waals surface area (Å²) in [4.78, 5) is 50.0. The summed E-state index contributed by atoms with van der Waals surface area (Å²) in [6, 6.07) is 10.1. The number of carbonyl (C=O) groups is 3. The van der Waals surface area contributed by atoms with Crippen LogP contribution in [0.2, 0.25) is 0 Å². The van der Waals surface area contributed by atoms with E-state index < -0.39 is 6.04 Å². The highest BCUT2D eigenvalue weighted by molar-refractivity contribution is 6.11. The third-order valence-corrected chi connectivity index (χ3v) is 7.25. The molecule has 0 bridgehead atoms. The third kappa shape index (κ3) is 6.10. The van der Waals surface area contributed by atoms with Crippen LogP contribution in [-0.4, -0.2) is 52.6 Å². The van der Waals surface area contributed by atoms with Crippen LogP contribution in [0.4, 0.5) is 5.69 Å². The molecular weight excluding hydrogens is 482 g/mol. The number of aromatic nitrogens is 1. The van der Waals surface area contributed by atoms with Crippen LogP contribution in [0.5, 0.6) is 0 Å². The minimum absolute atomic E-state index is 0.0339. The van der Waals surface area contributed by atoms with Gasteiger partial charge < -0.3 is 14.6 Å². The predicted octanol–water partition coefficient (Wildman–Crippen LogP) is 4.47. The van der Waals surface area contributed by atoms with Gasteiger partial charge >= 0.3 is 0 Å². The smallest absolute Gasteiger partial charge is 0.258 e. The van der Waals surface area contributed by atoms with E-state index in [0.29, 0.717) is 24.1 Å². The van der Waals surface area contributed by atoms with Gasteiger partial charge in [-0.05, 0) is 69.0 Å². The summed E-state index contributed by atoms with van der Waals surface area (Å²) in [6.07, 6.45) is 8.33. The minimum atomic E-state index is -0.644. The van der Waals surface area contributed by atoms with Crippen molar-refractivity contribution >= 4 is 40.2 Å². The van der Waals surface area contributed by atoms with E-state index in [1.807, 2.05) is 36.1 Å². The van der Waals surface area contributed by atoms with Crippen molar-refractivity contribution in [3.8, 4) is 0 Å². The number of hydrogen-bond donors (Lipinski definition) is 2. The zero-order valence-corrected chi connectivity index (χ0v) is 21.6. The topological polar surface area (TPSA) is 117 Å². The lowest BCUT2D eigenvalue weighted by molar-refractivity contribution is -0.135. The average Bonchev–Trinajstić information content (AvgIpc) is 3.55. The zero-order valence-electron chi connectivity index (χ0n) is 21.6. The Balaban J connectivity index is 1.39. The number of ketones is 1. The summed E-state index contributed by atoms with van der Waals surface area (Å²) in [5.74, 6) is 0.293. The van der Waals surface area contributed by atoms with Crippen molar-refractivity contribution in [1.29, 1.82) is 0 Å². The Labute approximate surface area is 221 Å². The first-order valence-corrected chi connectivity index (χ1v) is 13.3. The van der Waals surface area contributed by atoms with E-state index in [1.54, 1.807) is 24.5 Å². The second-order valence-electron chi connectivity index (χ2n) is 10.1. The molecule has 1 aliphatic heterocycles. The van der Waals surface area contributed by atoms with E-state index in [2.05, 4.69) is 15.6 Å². The highest BCUT2D eigenvalue weighted by Gasteiger charge is 2.33. The van der Waals surface area contributed by atoms with Crippen LogP contribution in [0.3, 0.4) is 0 Å². The largest absolute Gasteiger partial charge is 0.461 e.